The predicted octanol–water partition coefficient (Wildman–Crippen LogP) is 1.98. The average molecular weight is 410 g/mol. The quantitative estimate of drug-likeness (QED) is 0.753. The molecule has 2 saturated heterocycles. The van der Waals surface area contributed by atoms with E-state index < -0.39 is 0 Å². The Hall–Kier alpha value is -1.63. The minimum atomic E-state index is -0.311. The number of benzene rings is 1. The number of aliphatic hydroxyl groups excluding tert-OH is 1. The summed E-state index contributed by atoms with van der Waals surface area (Å²) in [6, 6.07) is 9.52. The Morgan fingerprint density at radius 1 is 1.21 bits per heavy atom. The Labute approximate surface area is 173 Å². The molecule has 0 radical (unpaired) electrons. The fourth-order valence-electron chi connectivity index (χ4n) is 4.44. The molecule has 1 atom stereocenters. The van der Waals surface area contributed by atoms with E-state index in [4.69, 9.17) is 5.11 Å². The summed E-state index contributed by atoms with van der Waals surface area (Å²) in [4.78, 5) is 29.1. The Kier molecular flexibility index (Phi) is 8.28. The highest BCUT2D eigenvalue weighted by atomic mass is 35.5. The molecule has 2 N–H and O–H groups in total. The summed E-state index contributed by atoms with van der Waals surface area (Å²) in [6.45, 7) is 3.00. The number of nitrogens with zero attached hydrogens (tertiary/aromatic N) is 2. The van der Waals surface area contributed by atoms with Crippen molar-refractivity contribution in [1.82, 2.24) is 15.1 Å². The van der Waals surface area contributed by atoms with Gasteiger partial charge >= 0.3 is 0 Å². The third kappa shape index (κ3) is 5.04. The summed E-state index contributed by atoms with van der Waals surface area (Å²) < 4.78 is 0. The van der Waals surface area contributed by atoms with E-state index in [0.717, 1.165) is 44.5 Å². The smallest absolute Gasteiger partial charge is 0.244 e. The number of carbonyl (C=O) groups excluding carboxylic acids is 2. The van der Waals surface area contributed by atoms with E-state index in [2.05, 4.69) is 5.32 Å². The first-order valence-corrected chi connectivity index (χ1v) is 9.98. The number of aliphatic hydroxyl groups is 1. The molecular formula is C21H32ClN3O3. The van der Waals surface area contributed by atoms with Crippen molar-refractivity contribution in [3.8, 4) is 0 Å². The molecule has 3 rings (SSSR count). The number of likely N-dealkylation sites (N-methyl/N-ethyl adjacent to an activating group) is 1. The van der Waals surface area contributed by atoms with Crippen molar-refractivity contribution in [3.05, 3.63) is 35.9 Å². The lowest BCUT2D eigenvalue weighted by Crippen LogP contribution is -2.53. The molecule has 1 aromatic rings. The molecule has 6 nitrogen and oxygen atoms in total. The minimum absolute atomic E-state index is 0. The fourth-order valence-corrected chi connectivity index (χ4v) is 4.44. The molecule has 2 fully saturated rings. The summed E-state index contributed by atoms with van der Waals surface area (Å²) in [5, 5.41) is 12.2. The molecular weight excluding hydrogens is 378 g/mol. The Bertz CT molecular complexity index is 648. The molecule has 0 bridgehead atoms. The molecule has 7 heteroatoms. The molecule has 1 unspecified atom stereocenters. The fraction of sp³-hybridized carbons (Fsp3) is 0.619. The SMILES string of the molecule is CNC(C(=O)N1CCC2(CCC(=O)N(CCCO)C2)CC1)c1ccccc1.Cl. The zero-order chi connectivity index (χ0) is 19.3. The highest BCUT2D eigenvalue weighted by molar-refractivity contribution is 5.85. The van der Waals surface area contributed by atoms with Crippen LogP contribution in [0.4, 0.5) is 0 Å². The molecule has 0 saturated carbocycles. The number of rotatable bonds is 6. The Morgan fingerprint density at radius 2 is 1.89 bits per heavy atom. The van der Waals surface area contributed by atoms with Crippen LogP contribution in [0.15, 0.2) is 30.3 Å². The van der Waals surface area contributed by atoms with E-state index in [1.165, 1.54) is 0 Å². The van der Waals surface area contributed by atoms with Crippen molar-refractivity contribution in [3.63, 3.8) is 0 Å². The highest BCUT2D eigenvalue weighted by Gasteiger charge is 2.42. The van der Waals surface area contributed by atoms with Crippen LogP contribution in [0.2, 0.25) is 0 Å². The maximum atomic E-state index is 13.0. The number of piperidine rings is 2. The van der Waals surface area contributed by atoms with Gasteiger partial charge in [0.2, 0.25) is 11.8 Å². The van der Waals surface area contributed by atoms with E-state index in [1.54, 1.807) is 0 Å². The monoisotopic (exact) mass is 409 g/mol. The van der Waals surface area contributed by atoms with Crippen LogP contribution in [-0.4, -0.2) is 66.6 Å². The molecule has 2 heterocycles. The Morgan fingerprint density at radius 3 is 2.50 bits per heavy atom. The van der Waals surface area contributed by atoms with E-state index in [0.29, 0.717) is 19.4 Å². The van der Waals surface area contributed by atoms with Gasteiger partial charge < -0.3 is 20.2 Å². The van der Waals surface area contributed by atoms with Crippen molar-refractivity contribution < 1.29 is 14.7 Å². The van der Waals surface area contributed by atoms with Gasteiger partial charge in [0.25, 0.3) is 0 Å². The minimum Gasteiger partial charge on any atom is -0.396 e. The molecule has 0 aromatic heterocycles. The van der Waals surface area contributed by atoms with Crippen molar-refractivity contribution in [2.45, 2.75) is 38.1 Å². The van der Waals surface area contributed by atoms with Gasteiger partial charge in [0.15, 0.2) is 0 Å². The first-order valence-electron chi connectivity index (χ1n) is 9.98. The molecule has 2 aliphatic heterocycles. The number of hydrogen-bond donors (Lipinski definition) is 2. The molecule has 2 aliphatic rings. The lowest BCUT2D eigenvalue weighted by atomic mass is 9.72. The van der Waals surface area contributed by atoms with Crippen LogP contribution in [0.1, 0.15) is 43.7 Å². The topological polar surface area (TPSA) is 72.9 Å². The van der Waals surface area contributed by atoms with Crippen LogP contribution in [0, 0.1) is 5.41 Å². The van der Waals surface area contributed by atoms with Crippen molar-refractivity contribution in [1.29, 1.82) is 0 Å². The second kappa shape index (κ2) is 10.2. The maximum absolute atomic E-state index is 13.0. The van der Waals surface area contributed by atoms with E-state index >= 15 is 0 Å². The van der Waals surface area contributed by atoms with Gasteiger partial charge in [-0.05, 0) is 43.7 Å². The number of nitrogens with one attached hydrogen (secondary N) is 1. The Balaban J connectivity index is 0.00000280. The van der Waals surface area contributed by atoms with E-state index in [9.17, 15) is 9.59 Å². The molecule has 156 valence electrons. The van der Waals surface area contributed by atoms with Gasteiger partial charge in [0.1, 0.15) is 6.04 Å². The molecule has 28 heavy (non-hydrogen) atoms. The first-order chi connectivity index (χ1) is 13.1. The predicted molar refractivity (Wildman–Crippen MR) is 111 cm³/mol. The second-order valence-corrected chi connectivity index (χ2v) is 7.85. The van der Waals surface area contributed by atoms with Gasteiger partial charge in [-0.15, -0.1) is 12.4 Å². The van der Waals surface area contributed by atoms with Crippen LogP contribution >= 0.6 is 12.4 Å². The molecule has 0 aliphatic carbocycles. The first kappa shape index (κ1) is 22.7. The van der Waals surface area contributed by atoms with Gasteiger partial charge in [0.05, 0.1) is 0 Å². The number of likely N-dealkylation sites (tertiary alicyclic amines) is 2. The maximum Gasteiger partial charge on any atom is 0.244 e. The lowest BCUT2D eigenvalue weighted by molar-refractivity contribution is -0.143. The number of amides is 2. The molecule has 1 aromatic carbocycles. The zero-order valence-electron chi connectivity index (χ0n) is 16.6. The van der Waals surface area contributed by atoms with Crippen molar-refractivity contribution >= 4 is 24.2 Å². The molecule has 1 spiro atoms. The van der Waals surface area contributed by atoms with E-state index in [1.807, 2.05) is 47.2 Å². The van der Waals surface area contributed by atoms with Crippen LogP contribution in [0.25, 0.3) is 0 Å². The summed E-state index contributed by atoms with van der Waals surface area (Å²) in [5.74, 6) is 0.328. The van der Waals surface area contributed by atoms with E-state index in [-0.39, 0.29) is 42.3 Å². The summed E-state index contributed by atoms with van der Waals surface area (Å²) >= 11 is 0. The third-order valence-electron chi connectivity index (χ3n) is 6.14. The number of halogens is 1. The lowest BCUT2D eigenvalue weighted by Gasteiger charge is -2.47. The second-order valence-electron chi connectivity index (χ2n) is 7.85. The van der Waals surface area contributed by atoms with Gasteiger partial charge in [-0.1, -0.05) is 30.3 Å². The summed E-state index contributed by atoms with van der Waals surface area (Å²) in [6.07, 6.45) is 4.01. The highest BCUT2D eigenvalue weighted by Crippen LogP contribution is 2.40. The van der Waals surface area contributed by atoms with Gasteiger partial charge in [-0.2, -0.15) is 0 Å². The van der Waals surface area contributed by atoms with Crippen LogP contribution in [0.3, 0.4) is 0 Å². The largest absolute Gasteiger partial charge is 0.396 e. The normalized spacial score (nSPS) is 20.0. The van der Waals surface area contributed by atoms with Crippen LogP contribution in [-0.2, 0) is 9.59 Å². The van der Waals surface area contributed by atoms with Gasteiger partial charge in [-0.3, -0.25) is 9.59 Å². The summed E-state index contributed by atoms with van der Waals surface area (Å²) in [5.41, 5.74) is 1.12. The van der Waals surface area contributed by atoms with Crippen LogP contribution in [0.5, 0.6) is 0 Å². The van der Waals surface area contributed by atoms with Crippen molar-refractivity contribution in [2.75, 3.05) is 39.8 Å². The number of carbonyl (C=O) groups is 2. The number of hydrogen-bond acceptors (Lipinski definition) is 4. The van der Waals surface area contributed by atoms with Gasteiger partial charge in [-0.25, -0.2) is 0 Å². The zero-order valence-corrected chi connectivity index (χ0v) is 17.4. The van der Waals surface area contributed by atoms with Gasteiger partial charge in [0, 0.05) is 39.2 Å². The third-order valence-corrected chi connectivity index (χ3v) is 6.14. The standard InChI is InChI=1S/C21H31N3O3.ClH/c1-22-19(17-6-3-2-4-7-17)20(27)23-13-10-21(11-14-23)9-8-18(26)24(16-21)12-5-15-25;/h2-4,6-7,19,22,25H,5,8-16H2,1H3;1H. The van der Waals surface area contributed by atoms with Crippen LogP contribution < -0.4 is 5.32 Å². The summed E-state index contributed by atoms with van der Waals surface area (Å²) in [7, 11) is 1.83. The van der Waals surface area contributed by atoms with Crippen molar-refractivity contribution in [2.24, 2.45) is 5.41 Å². The molecule has 2 amide bonds. The average Bonchev–Trinajstić information content (AvgIpc) is 2.71.